The number of hydrogen-bond acceptors (Lipinski definition) is 4. The first-order valence-electron chi connectivity index (χ1n) is 6.42. The van der Waals surface area contributed by atoms with Gasteiger partial charge in [0.2, 0.25) is 10.0 Å². The summed E-state index contributed by atoms with van der Waals surface area (Å²) in [5.41, 5.74) is 0.823. The van der Waals surface area contributed by atoms with Gasteiger partial charge < -0.3 is 9.47 Å². The minimum atomic E-state index is -3.64. The number of sulfonamides is 1. The van der Waals surface area contributed by atoms with E-state index in [1.165, 1.54) is 25.3 Å². The van der Waals surface area contributed by atoms with Crippen LogP contribution in [-0.2, 0) is 16.6 Å². The van der Waals surface area contributed by atoms with Crippen LogP contribution in [-0.4, -0.2) is 22.6 Å². The zero-order valence-corrected chi connectivity index (χ0v) is 13.7. The van der Waals surface area contributed by atoms with Crippen LogP contribution in [0.2, 0.25) is 5.02 Å². The van der Waals surface area contributed by atoms with Crippen LogP contribution in [0.5, 0.6) is 11.5 Å². The normalized spacial score (nSPS) is 11.2. The highest BCUT2D eigenvalue weighted by molar-refractivity contribution is 7.89. The highest BCUT2D eigenvalue weighted by atomic mass is 35.5. The second kappa shape index (κ2) is 7.00. The summed E-state index contributed by atoms with van der Waals surface area (Å²) in [5, 5.41) is 0.245. The Morgan fingerprint density at radius 1 is 1.05 bits per heavy atom. The van der Waals surface area contributed by atoms with Gasteiger partial charge in [-0.3, -0.25) is 0 Å². The highest BCUT2D eigenvalue weighted by Gasteiger charge is 2.15. The van der Waals surface area contributed by atoms with Gasteiger partial charge in [0.1, 0.15) is 11.5 Å². The predicted octanol–water partition coefficient (Wildman–Crippen LogP) is 2.84. The summed E-state index contributed by atoms with van der Waals surface area (Å²) in [6, 6.07) is 11.5. The summed E-state index contributed by atoms with van der Waals surface area (Å²) < 4.78 is 37.1. The van der Waals surface area contributed by atoms with Crippen LogP contribution in [0.15, 0.2) is 47.4 Å². The maximum absolute atomic E-state index is 12.2. The molecule has 22 heavy (non-hydrogen) atoms. The fraction of sp³-hybridized carbons (Fsp3) is 0.200. The van der Waals surface area contributed by atoms with Crippen LogP contribution in [0.4, 0.5) is 0 Å². The zero-order valence-electron chi connectivity index (χ0n) is 12.2. The Kier molecular flexibility index (Phi) is 5.28. The van der Waals surface area contributed by atoms with Crippen LogP contribution in [0.1, 0.15) is 5.56 Å². The van der Waals surface area contributed by atoms with Crippen LogP contribution < -0.4 is 14.2 Å². The van der Waals surface area contributed by atoms with Crippen LogP contribution in [0.25, 0.3) is 0 Å². The number of benzene rings is 2. The first kappa shape index (κ1) is 16.6. The number of hydrogen-bond donors (Lipinski definition) is 1. The Morgan fingerprint density at radius 2 is 1.73 bits per heavy atom. The largest absolute Gasteiger partial charge is 0.497 e. The third kappa shape index (κ3) is 3.91. The number of nitrogens with one attached hydrogen (secondary N) is 1. The average Bonchev–Trinajstić information content (AvgIpc) is 2.53. The molecule has 0 radical (unpaired) electrons. The van der Waals surface area contributed by atoms with Gasteiger partial charge in [0, 0.05) is 6.54 Å². The van der Waals surface area contributed by atoms with E-state index in [2.05, 4.69) is 4.72 Å². The summed E-state index contributed by atoms with van der Waals surface area (Å²) in [5.74, 6) is 1.14. The van der Waals surface area contributed by atoms with E-state index < -0.39 is 10.0 Å². The molecule has 0 aliphatic heterocycles. The summed E-state index contributed by atoms with van der Waals surface area (Å²) in [7, 11) is -0.599. The van der Waals surface area contributed by atoms with E-state index in [4.69, 9.17) is 21.1 Å². The van der Waals surface area contributed by atoms with E-state index in [0.29, 0.717) is 11.5 Å². The lowest BCUT2D eigenvalue weighted by atomic mass is 10.2. The minimum Gasteiger partial charge on any atom is -0.497 e. The molecule has 0 aromatic heterocycles. The summed E-state index contributed by atoms with van der Waals surface area (Å²) >= 11 is 5.96. The van der Waals surface area contributed by atoms with E-state index in [1.54, 1.807) is 31.4 Å². The van der Waals surface area contributed by atoms with Crippen LogP contribution >= 0.6 is 11.6 Å². The van der Waals surface area contributed by atoms with Crippen molar-refractivity contribution in [3.63, 3.8) is 0 Å². The van der Waals surface area contributed by atoms with Gasteiger partial charge in [-0.2, -0.15) is 0 Å². The first-order valence-corrected chi connectivity index (χ1v) is 8.28. The minimum absolute atomic E-state index is 0.0896. The van der Waals surface area contributed by atoms with Crippen molar-refractivity contribution in [3.8, 4) is 11.5 Å². The van der Waals surface area contributed by atoms with E-state index in [0.717, 1.165) is 5.56 Å². The Hall–Kier alpha value is -1.76. The summed E-state index contributed by atoms with van der Waals surface area (Å²) in [6.45, 7) is 0.177. The van der Waals surface area contributed by atoms with Gasteiger partial charge in [0.15, 0.2) is 0 Å². The lowest BCUT2D eigenvalue weighted by molar-refractivity contribution is 0.414. The quantitative estimate of drug-likeness (QED) is 0.877. The predicted molar refractivity (Wildman–Crippen MR) is 85.0 cm³/mol. The average molecular weight is 342 g/mol. The molecule has 7 heteroatoms. The lowest BCUT2D eigenvalue weighted by Gasteiger charge is -2.09. The highest BCUT2D eigenvalue weighted by Crippen LogP contribution is 2.26. The Balaban J connectivity index is 2.11. The van der Waals surface area contributed by atoms with Crippen molar-refractivity contribution in [2.24, 2.45) is 0 Å². The Morgan fingerprint density at radius 3 is 2.27 bits per heavy atom. The van der Waals surface area contributed by atoms with E-state index in [9.17, 15) is 8.42 Å². The van der Waals surface area contributed by atoms with Crippen molar-refractivity contribution in [1.29, 1.82) is 0 Å². The Labute approximate surface area is 134 Å². The zero-order chi connectivity index (χ0) is 16.2. The molecule has 0 amide bonds. The van der Waals surface area contributed by atoms with Crippen molar-refractivity contribution in [2.45, 2.75) is 11.4 Å². The molecule has 1 N–H and O–H groups in total. The maximum atomic E-state index is 12.2. The molecule has 118 valence electrons. The van der Waals surface area contributed by atoms with Gasteiger partial charge >= 0.3 is 0 Å². The molecule has 0 heterocycles. The standard InChI is InChI=1S/C15H16ClNO4S/c1-20-12-5-3-11(4-6-12)10-17-22(18,19)13-7-8-15(21-2)14(16)9-13/h3-9,17H,10H2,1-2H3. The van der Waals surface area contributed by atoms with Crippen molar-refractivity contribution < 1.29 is 17.9 Å². The Bertz CT molecular complexity index is 745. The lowest BCUT2D eigenvalue weighted by Crippen LogP contribution is -2.23. The van der Waals surface area contributed by atoms with Crippen molar-refractivity contribution in [3.05, 3.63) is 53.1 Å². The molecule has 0 saturated heterocycles. The molecular weight excluding hydrogens is 326 g/mol. The molecule has 0 saturated carbocycles. The second-order valence-corrected chi connectivity index (χ2v) is 6.64. The monoisotopic (exact) mass is 341 g/mol. The fourth-order valence-electron chi connectivity index (χ4n) is 1.82. The fourth-order valence-corrected chi connectivity index (χ4v) is 3.19. The molecule has 2 aromatic carbocycles. The van der Waals surface area contributed by atoms with E-state index in [-0.39, 0.29) is 16.5 Å². The van der Waals surface area contributed by atoms with Gasteiger partial charge in [-0.25, -0.2) is 13.1 Å². The van der Waals surface area contributed by atoms with Gasteiger partial charge in [0.05, 0.1) is 24.1 Å². The second-order valence-electron chi connectivity index (χ2n) is 4.47. The molecule has 0 bridgehead atoms. The van der Waals surface area contributed by atoms with Gasteiger partial charge in [-0.15, -0.1) is 0 Å². The first-order chi connectivity index (χ1) is 10.5. The van der Waals surface area contributed by atoms with Crippen LogP contribution in [0.3, 0.4) is 0 Å². The molecular formula is C15H16ClNO4S. The smallest absolute Gasteiger partial charge is 0.240 e. The SMILES string of the molecule is COc1ccc(CNS(=O)(=O)c2ccc(OC)c(Cl)c2)cc1. The van der Waals surface area contributed by atoms with Gasteiger partial charge in [0.25, 0.3) is 0 Å². The van der Waals surface area contributed by atoms with Gasteiger partial charge in [-0.05, 0) is 35.9 Å². The number of halogens is 1. The molecule has 0 atom stereocenters. The van der Waals surface area contributed by atoms with E-state index in [1.807, 2.05) is 0 Å². The van der Waals surface area contributed by atoms with Crippen molar-refractivity contribution in [1.82, 2.24) is 4.72 Å². The van der Waals surface area contributed by atoms with Gasteiger partial charge in [-0.1, -0.05) is 23.7 Å². The number of ether oxygens (including phenoxy) is 2. The summed E-state index contributed by atoms with van der Waals surface area (Å²) in [6.07, 6.45) is 0. The molecule has 5 nitrogen and oxygen atoms in total. The van der Waals surface area contributed by atoms with E-state index >= 15 is 0 Å². The molecule has 2 aromatic rings. The number of rotatable bonds is 6. The van der Waals surface area contributed by atoms with Crippen molar-refractivity contribution in [2.75, 3.05) is 14.2 Å². The molecule has 0 spiro atoms. The van der Waals surface area contributed by atoms with Crippen molar-refractivity contribution >= 4 is 21.6 Å². The van der Waals surface area contributed by atoms with Crippen LogP contribution in [0, 0.1) is 0 Å². The molecule has 0 unspecified atom stereocenters. The molecule has 0 aliphatic rings. The molecule has 0 fully saturated rings. The number of methoxy groups -OCH3 is 2. The maximum Gasteiger partial charge on any atom is 0.240 e. The molecule has 0 aliphatic carbocycles. The molecule has 2 rings (SSSR count). The third-order valence-electron chi connectivity index (χ3n) is 3.06. The topological polar surface area (TPSA) is 64.6 Å². The third-order valence-corrected chi connectivity index (χ3v) is 4.75. The summed E-state index contributed by atoms with van der Waals surface area (Å²) in [4.78, 5) is 0.0896.